The van der Waals surface area contributed by atoms with Gasteiger partial charge in [-0.3, -0.25) is 0 Å². The van der Waals surface area contributed by atoms with Crippen LogP contribution < -0.4 is 0 Å². The molecule has 0 saturated heterocycles. The molecule has 2 bridgehead atoms. The van der Waals surface area contributed by atoms with Crippen molar-refractivity contribution >= 4 is 0 Å². The molecule has 2 saturated carbocycles. The summed E-state index contributed by atoms with van der Waals surface area (Å²) in [5.74, 6) is 0.292. The van der Waals surface area contributed by atoms with Crippen molar-refractivity contribution in [2.24, 2.45) is 34.5 Å². The first-order chi connectivity index (χ1) is 11.5. The Bertz CT molecular complexity index is 667. The van der Waals surface area contributed by atoms with E-state index in [-0.39, 0.29) is 23.2 Å². The Morgan fingerprint density at radius 2 is 1.80 bits per heavy atom. The van der Waals surface area contributed by atoms with Gasteiger partial charge in [-0.2, -0.15) is 0 Å². The minimum Gasteiger partial charge on any atom is -0.392 e. The highest BCUT2D eigenvalue weighted by molar-refractivity contribution is 5.42. The maximum absolute atomic E-state index is 11.6. The van der Waals surface area contributed by atoms with E-state index in [1.807, 2.05) is 6.92 Å². The molecule has 0 heterocycles. The van der Waals surface area contributed by atoms with E-state index < -0.39 is 35.9 Å². The van der Waals surface area contributed by atoms with Gasteiger partial charge >= 0.3 is 0 Å². The fourth-order valence-electron chi connectivity index (χ4n) is 6.74. The van der Waals surface area contributed by atoms with Crippen LogP contribution in [0.15, 0.2) is 23.3 Å². The van der Waals surface area contributed by atoms with Gasteiger partial charge in [0.25, 0.3) is 0 Å². The highest BCUT2D eigenvalue weighted by Gasteiger charge is 2.75. The molecule has 5 N–H and O–H groups in total. The monoisotopic (exact) mass is 350 g/mol. The second-order valence-electron chi connectivity index (χ2n) is 9.46. The lowest BCUT2D eigenvalue weighted by atomic mass is 9.58. The quantitative estimate of drug-likeness (QED) is 0.446. The average Bonchev–Trinajstić information content (AvgIpc) is 3.05. The molecule has 2 fully saturated rings. The fraction of sp³-hybridized carbons (Fsp3) is 0.800. The molecule has 0 aromatic rings. The molecule has 25 heavy (non-hydrogen) atoms. The highest BCUT2D eigenvalue weighted by Crippen LogP contribution is 2.72. The smallest absolute Gasteiger partial charge is 0.136 e. The third kappa shape index (κ3) is 1.77. The van der Waals surface area contributed by atoms with Gasteiger partial charge in [-0.25, -0.2) is 0 Å². The van der Waals surface area contributed by atoms with Crippen LogP contribution in [-0.2, 0) is 0 Å². The molecule has 0 aromatic heterocycles. The van der Waals surface area contributed by atoms with E-state index in [1.165, 1.54) is 0 Å². The number of rotatable bonds is 1. The highest BCUT2D eigenvalue weighted by atomic mass is 16.4. The molecule has 140 valence electrons. The molecule has 4 rings (SSSR count). The first kappa shape index (κ1) is 17.7. The summed E-state index contributed by atoms with van der Waals surface area (Å²) in [5, 5.41) is 54.7. The summed E-state index contributed by atoms with van der Waals surface area (Å²) in [5.41, 5.74) is -2.11. The number of aliphatic hydroxyl groups excluding tert-OH is 4. The zero-order chi connectivity index (χ0) is 18.5. The van der Waals surface area contributed by atoms with Gasteiger partial charge in [0.2, 0.25) is 0 Å². The lowest BCUT2D eigenvalue weighted by molar-refractivity contribution is -0.215. The molecule has 0 aliphatic heterocycles. The second-order valence-corrected chi connectivity index (χ2v) is 9.46. The molecule has 1 unspecified atom stereocenters. The summed E-state index contributed by atoms with van der Waals surface area (Å²) in [4.78, 5) is 0. The number of fused-ring (bicyclic) bond motifs is 3. The molecule has 4 aliphatic rings. The maximum atomic E-state index is 11.6. The number of hydrogen-bond donors (Lipinski definition) is 5. The van der Waals surface area contributed by atoms with E-state index in [0.29, 0.717) is 17.1 Å². The van der Waals surface area contributed by atoms with Crippen molar-refractivity contribution in [3.05, 3.63) is 23.3 Å². The number of hydrogen-bond acceptors (Lipinski definition) is 5. The normalized spacial score (nSPS) is 56.1. The van der Waals surface area contributed by atoms with Crippen LogP contribution in [0.3, 0.4) is 0 Å². The van der Waals surface area contributed by atoms with Crippen LogP contribution in [0, 0.1) is 34.5 Å². The van der Waals surface area contributed by atoms with Crippen molar-refractivity contribution in [1.82, 2.24) is 0 Å². The van der Waals surface area contributed by atoms with Crippen LogP contribution in [0.2, 0.25) is 0 Å². The average molecular weight is 350 g/mol. The van der Waals surface area contributed by atoms with E-state index in [4.69, 9.17) is 0 Å². The maximum Gasteiger partial charge on any atom is 0.136 e. The van der Waals surface area contributed by atoms with Crippen molar-refractivity contribution in [1.29, 1.82) is 0 Å². The van der Waals surface area contributed by atoms with E-state index in [1.54, 1.807) is 19.1 Å². The second kappa shape index (κ2) is 4.96. The van der Waals surface area contributed by atoms with Crippen LogP contribution in [0.4, 0.5) is 0 Å². The summed E-state index contributed by atoms with van der Waals surface area (Å²) in [6.07, 6.45) is 0.801. The molecule has 9 atom stereocenters. The minimum absolute atomic E-state index is 0.0853. The van der Waals surface area contributed by atoms with Gasteiger partial charge in [-0.1, -0.05) is 32.9 Å². The van der Waals surface area contributed by atoms with Gasteiger partial charge in [0.05, 0.1) is 18.1 Å². The van der Waals surface area contributed by atoms with Gasteiger partial charge < -0.3 is 25.5 Å². The van der Waals surface area contributed by atoms with Crippen molar-refractivity contribution in [2.45, 2.75) is 58.0 Å². The zero-order valence-electron chi connectivity index (χ0n) is 15.3. The summed E-state index contributed by atoms with van der Waals surface area (Å²) in [6, 6.07) is 0. The predicted molar refractivity (Wildman–Crippen MR) is 92.4 cm³/mol. The molecule has 0 aromatic carbocycles. The standard InChI is InChI=1S/C20H30O5/c1-9-7-19-10(2)5-13-14(18(13,3)4)12(17(19)24)6-11(8-21)16(23)20(19,25)15(9)22/h6-7,10,12-17,21-25H,5,8H2,1-4H3/t10-,12+,13-,14+,15-,16-,17?,19+,20-/m1/s1. The lowest BCUT2D eigenvalue weighted by Crippen LogP contribution is -2.66. The largest absolute Gasteiger partial charge is 0.392 e. The Balaban J connectivity index is 1.98. The first-order valence-electron chi connectivity index (χ1n) is 9.32. The van der Waals surface area contributed by atoms with Gasteiger partial charge in [-0.05, 0) is 47.7 Å². The minimum atomic E-state index is -1.93. The molecular weight excluding hydrogens is 320 g/mol. The van der Waals surface area contributed by atoms with Crippen LogP contribution in [-0.4, -0.2) is 56.1 Å². The fourth-order valence-corrected chi connectivity index (χ4v) is 6.74. The van der Waals surface area contributed by atoms with Gasteiger partial charge in [0.1, 0.15) is 17.8 Å². The summed E-state index contributed by atoms with van der Waals surface area (Å²) < 4.78 is 0. The van der Waals surface area contributed by atoms with E-state index >= 15 is 0 Å². The SMILES string of the molecule is CC1=C[C@]23C(O)[C@@H](C=C(CO)[C@@H](O)[C@]2(O)[C@@H]1O)[C@H]1[C@@H](C[C@H]3C)C1(C)C. The molecule has 5 heteroatoms. The Morgan fingerprint density at radius 1 is 1.16 bits per heavy atom. The predicted octanol–water partition coefficient (Wildman–Crippen LogP) is 0.607. The molecule has 0 radical (unpaired) electrons. The third-order valence-corrected chi connectivity index (χ3v) is 8.20. The molecule has 5 nitrogen and oxygen atoms in total. The first-order valence-corrected chi connectivity index (χ1v) is 9.32. The van der Waals surface area contributed by atoms with Crippen LogP contribution in [0.5, 0.6) is 0 Å². The Morgan fingerprint density at radius 3 is 2.40 bits per heavy atom. The van der Waals surface area contributed by atoms with Gasteiger partial charge in [0, 0.05) is 5.92 Å². The van der Waals surface area contributed by atoms with Crippen LogP contribution in [0.25, 0.3) is 0 Å². The zero-order valence-corrected chi connectivity index (χ0v) is 15.3. The van der Waals surface area contributed by atoms with Crippen LogP contribution >= 0.6 is 0 Å². The number of aliphatic hydroxyl groups is 5. The Labute approximate surface area is 148 Å². The Hall–Kier alpha value is -0.720. The van der Waals surface area contributed by atoms with E-state index in [0.717, 1.165) is 6.42 Å². The molecule has 1 spiro atoms. The van der Waals surface area contributed by atoms with Crippen molar-refractivity contribution in [3.63, 3.8) is 0 Å². The van der Waals surface area contributed by atoms with Gasteiger partial charge in [0.15, 0.2) is 0 Å². The molecule has 4 aliphatic carbocycles. The van der Waals surface area contributed by atoms with Crippen molar-refractivity contribution in [3.8, 4) is 0 Å². The van der Waals surface area contributed by atoms with Crippen LogP contribution in [0.1, 0.15) is 34.1 Å². The summed E-state index contributed by atoms with van der Waals surface area (Å²) >= 11 is 0. The topological polar surface area (TPSA) is 101 Å². The summed E-state index contributed by atoms with van der Waals surface area (Å²) in [6.45, 7) is 7.72. The van der Waals surface area contributed by atoms with E-state index in [9.17, 15) is 25.5 Å². The van der Waals surface area contributed by atoms with Gasteiger partial charge in [-0.15, -0.1) is 0 Å². The Kier molecular flexibility index (Phi) is 3.51. The van der Waals surface area contributed by atoms with Crippen molar-refractivity contribution < 1.29 is 25.5 Å². The summed E-state index contributed by atoms with van der Waals surface area (Å²) in [7, 11) is 0. The van der Waals surface area contributed by atoms with Crippen molar-refractivity contribution in [2.75, 3.05) is 6.61 Å². The third-order valence-electron chi connectivity index (χ3n) is 8.20. The lowest BCUT2D eigenvalue weighted by Gasteiger charge is -2.51. The molecule has 0 amide bonds. The van der Waals surface area contributed by atoms with E-state index in [2.05, 4.69) is 13.8 Å². The molecular formula is C20H30O5.